The molecule has 7 heteroatoms. The van der Waals surface area contributed by atoms with Crippen LogP contribution in [0.3, 0.4) is 0 Å². The molecule has 136 valence electrons. The van der Waals surface area contributed by atoms with Crippen LogP contribution >= 0.6 is 0 Å². The van der Waals surface area contributed by atoms with Gasteiger partial charge >= 0.3 is 0 Å². The van der Waals surface area contributed by atoms with E-state index >= 15 is 0 Å². The first-order chi connectivity index (χ1) is 13.3. The molecular formula is C20H21N7. The smallest absolute Gasteiger partial charge is 0.166 e. The fourth-order valence-electron chi connectivity index (χ4n) is 4.14. The number of nitrogen functional groups attached to an aromatic ring is 1. The molecule has 5 rings (SSSR count). The van der Waals surface area contributed by atoms with Crippen LogP contribution in [0.15, 0.2) is 42.7 Å². The summed E-state index contributed by atoms with van der Waals surface area (Å²) >= 11 is 0. The summed E-state index contributed by atoms with van der Waals surface area (Å²) in [5.41, 5.74) is 8.69. The first-order valence-corrected chi connectivity index (χ1v) is 9.35. The van der Waals surface area contributed by atoms with Crippen molar-refractivity contribution in [1.29, 1.82) is 0 Å². The highest BCUT2D eigenvalue weighted by atomic mass is 15.3. The Labute approximate surface area is 156 Å². The molecule has 4 heterocycles. The Morgan fingerprint density at radius 3 is 2.89 bits per heavy atom. The van der Waals surface area contributed by atoms with E-state index in [1.165, 1.54) is 5.52 Å². The Hall–Kier alpha value is -3.22. The van der Waals surface area contributed by atoms with Gasteiger partial charge in [0.2, 0.25) is 0 Å². The maximum absolute atomic E-state index is 5.83. The van der Waals surface area contributed by atoms with Crippen molar-refractivity contribution >= 4 is 33.7 Å². The lowest BCUT2D eigenvalue weighted by molar-refractivity contribution is 0.606. The number of nitrogens with zero attached hydrogens (tertiary/aromatic N) is 6. The number of benzene rings is 1. The molecule has 1 aliphatic heterocycles. The van der Waals surface area contributed by atoms with Crippen LogP contribution in [0.2, 0.25) is 0 Å². The maximum Gasteiger partial charge on any atom is 0.166 e. The first kappa shape index (κ1) is 16.0. The van der Waals surface area contributed by atoms with E-state index in [0.717, 1.165) is 48.5 Å². The van der Waals surface area contributed by atoms with E-state index < -0.39 is 0 Å². The monoisotopic (exact) mass is 359 g/mol. The molecule has 0 spiro atoms. The number of fused-ring (bicyclic) bond motifs is 2. The molecule has 3 aromatic heterocycles. The summed E-state index contributed by atoms with van der Waals surface area (Å²) in [6.07, 6.45) is 3.73. The molecule has 7 nitrogen and oxygen atoms in total. The molecule has 1 fully saturated rings. The van der Waals surface area contributed by atoms with E-state index in [-0.39, 0.29) is 6.04 Å². The van der Waals surface area contributed by atoms with Crippen molar-refractivity contribution in [3.05, 3.63) is 48.5 Å². The molecule has 1 aromatic carbocycles. The fraction of sp³-hybridized carbons (Fsp3) is 0.300. The van der Waals surface area contributed by atoms with Gasteiger partial charge in [-0.3, -0.25) is 0 Å². The lowest BCUT2D eigenvalue weighted by atomic mass is 10.2. The van der Waals surface area contributed by atoms with Gasteiger partial charge in [0.05, 0.1) is 22.5 Å². The number of nitrogens with two attached hydrogens (primary N) is 1. The molecule has 0 aliphatic carbocycles. The largest absolute Gasteiger partial charge is 0.384 e. The van der Waals surface area contributed by atoms with Crippen LogP contribution in [0.1, 0.15) is 31.6 Å². The van der Waals surface area contributed by atoms with Gasteiger partial charge in [-0.1, -0.05) is 12.1 Å². The lowest BCUT2D eigenvalue weighted by Gasteiger charge is -2.26. The third kappa shape index (κ3) is 2.50. The van der Waals surface area contributed by atoms with Gasteiger partial charge in [0.15, 0.2) is 5.65 Å². The van der Waals surface area contributed by atoms with Crippen molar-refractivity contribution in [2.75, 3.05) is 17.2 Å². The number of hydrogen-bond acceptors (Lipinski definition) is 6. The minimum Gasteiger partial charge on any atom is -0.384 e. The van der Waals surface area contributed by atoms with Crippen LogP contribution in [0.25, 0.3) is 22.1 Å². The summed E-state index contributed by atoms with van der Waals surface area (Å²) in [6.45, 7) is 4.00. The number of aromatic nitrogens is 5. The van der Waals surface area contributed by atoms with Crippen LogP contribution < -0.4 is 10.6 Å². The second-order valence-electron chi connectivity index (χ2n) is 6.86. The minimum atomic E-state index is 0.188. The van der Waals surface area contributed by atoms with Crippen LogP contribution in [0.5, 0.6) is 0 Å². The molecule has 0 bridgehead atoms. The Kier molecular flexibility index (Phi) is 3.67. The van der Waals surface area contributed by atoms with E-state index in [9.17, 15) is 0 Å². The van der Waals surface area contributed by atoms with E-state index in [4.69, 9.17) is 10.7 Å². The summed E-state index contributed by atoms with van der Waals surface area (Å²) in [4.78, 5) is 20.6. The molecule has 4 aromatic rings. The average Bonchev–Trinajstić information content (AvgIpc) is 3.31. The third-order valence-corrected chi connectivity index (χ3v) is 5.32. The molecule has 1 unspecified atom stereocenters. The number of imidazole rings is 1. The SMILES string of the molecule is CCn1c(C2CCCN2c2ncnc3nc(N)ccc23)nc2ccccc21. The Balaban J connectivity index is 1.65. The van der Waals surface area contributed by atoms with Crippen molar-refractivity contribution in [3.8, 4) is 0 Å². The van der Waals surface area contributed by atoms with Gasteiger partial charge in [0, 0.05) is 13.1 Å². The number of hydrogen-bond donors (Lipinski definition) is 1. The minimum absolute atomic E-state index is 0.188. The van der Waals surface area contributed by atoms with E-state index in [2.05, 4.69) is 49.5 Å². The van der Waals surface area contributed by atoms with Crippen LogP contribution in [0, 0.1) is 0 Å². The first-order valence-electron chi connectivity index (χ1n) is 9.35. The molecule has 1 aliphatic rings. The fourth-order valence-corrected chi connectivity index (χ4v) is 4.14. The number of anilines is 2. The van der Waals surface area contributed by atoms with Crippen molar-refractivity contribution < 1.29 is 0 Å². The zero-order valence-electron chi connectivity index (χ0n) is 15.2. The van der Waals surface area contributed by atoms with Crippen molar-refractivity contribution in [2.45, 2.75) is 32.4 Å². The summed E-state index contributed by atoms with van der Waals surface area (Å²) < 4.78 is 2.32. The predicted octanol–water partition coefficient (Wildman–Crippen LogP) is 3.32. The topological polar surface area (TPSA) is 85.8 Å². The molecular weight excluding hydrogens is 338 g/mol. The number of para-hydroxylation sites is 2. The lowest BCUT2D eigenvalue weighted by Crippen LogP contribution is -2.26. The second-order valence-corrected chi connectivity index (χ2v) is 6.86. The summed E-state index contributed by atoms with van der Waals surface area (Å²) in [7, 11) is 0. The van der Waals surface area contributed by atoms with Gasteiger partial charge in [0.1, 0.15) is 23.8 Å². The van der Waals surface area contributed by atoms with E-state index in [1.54, 1.807) is 6.33 Å². The van der Waals surface area contributed by atoms with Gasteiger partial charge in [-0.2, -0.15) is 0 Å². The molecule has 27 heavy (non-hydrogen) atoms. The van der Waals surface area contributed by atoms with Gasteiger partial charge in [-0.25, -0.2) is 19.9 Å². The number of pyridine rings is 1. The van der Waals surface area contributed by atoms with Crippen LogP contribution in [-0.2, 0) is 6.54 Å². The molecule has 0 saturated carbocycles. The maximum atomic E-state index is 5.83. The quantitative estimate of drug-likeness (QED) is 0.604. The average molecular weight is 359 g/mol. The normalized spacial score (nSPS) is 17.2. The van der Waals surface area contributed by atoms with Crippen LogP contribution in [-0.4, -0.2) is 31.0 Å². The third-order valence-electron chi connectivity index (χ3n) is 5.32. The molecule has 1 atom stereocenters. The molecule has 0 amide bonds. The Morgan fingerprint density at radius 1 is 1.11 bits per heavy atom. The van der Waals surface area contributed by atoms with E-state index in [1.807, 2.05) is 18.2 Å². The zero-order chi connectivity index (χ0) is 18.4. The predicted molar refractivity (Wildman–Crippen MR) is 106 cm³/mol. The zero-order valence-corrected chi connectivity index (χ0v) is 15.2. The molecule has 2 N–H and O–H groups in total. The summed E-state index contributed by atoms with van der Waals surface area (Å²) in [5, 5.41) is 0.928. The molecule has 0 radical (unpaired) electrons. The highest BCUT2D eigenvalue weighted by Gasteiger charge is 2.32. The number of rotatable bonds is 3. The number of aryl methyl sites for hydroxylation is 1. The highest BCUT2D eigenvalue weighted by molar-refractivity contribution is 5.88. The Morgan fingerprint density at radius 2 is 2.00 bits per heavy atom. The Bertz CT molecular complexity index is 1130. The van der Waals surface area contributed by atoms with Gasteiger partial charge < -0.3 is 15.2 Å². The van der Waals surface area contributed by atoms with Gasteiger partial charge in [-0.15, -0.1) is 0 Å². The van der Waals surface area contributed by atoms with Crippen LogP contribution in [0.4, 0.5) is 11.6 Å². The highest BCUT2D eigenvalue weighted by Crippen LogP contribution is 2.38. The second kappa shape index (κ2) is 6.19. The van der Waals surface area contributed by atoms with Crippen molar-refractivity contribution in [3.63, 3.8) is 0 Å². The van der Waals surface area contributed by atoms with Crippen molar-refractivity contribution in [1.82, 2.24) is 24.5 Å². The molecule has 1 saturated heterocycles. The van der Waals surface area contributed by atoms with E-state index in [0.29, 0.717) is 11.5 Å². The summed E-state index contributed by atoms with van der Waals surface area (Å²) in [5.74, 6) is 2.48. The van der Waals surface area contributed by atoms with Gasteiger partial charge in [0.25, 0.3) is 0 Å². The van der Waals surface area contributed by atoms with Crippen molar-refractivity contribution in [2.24, 2.45) is 0 Å². The van der Waals surface area contributed by atoms with Gasteiger partial charge in [-0.05, 0) is 44.0 Å². The standard InChI is InChI=1S/C20H21N7/c1-2-26-15-7-4-3-6-14(15)24-20(26)16-8-5-11-27(16)19-13-9-10-17(21)25-18(13)22-12-23-19/h3-4,6-7,9-10,12,16H,2,5,8,11H2,1H3,(H2,21,22,23,25). The summed E-state index contributed by atoms with van der Waals surface area (Å²) in [6, 6.07) is 12.3.